The standard InChI is InChI=1S/C9H12BrNO3S/c1-6(11)9(15(12,13)14)7-4-2-3-5-8(7)10/h2-6,9H,11H2,1H3,(H,12,13,14). The van der Waals surface area contributed by atoms with E-state index in [1.807, 2.05) is 0 Å². The van der Waals surface area contributed by atoms with Crippen LogP contribution in [0.3, 0.4) is 0 Å². The smallest absolute Gasteiger partial charge is 0.273 e. The van der Waals surface area contributed by atoms with Crippen molar-refractivity contribution >= 4 is 26.0 Å². The maximum atomic E-state index is 11.2. The maximum absolute atomic E-state index is 11.2. The van der Waals surface area contributed by atoms with E-state index in [0.717, 1.165) is 0 Å². The second-order valence-electron chi connectivity index (χ2n) is 3.32. The van der Waals surface area contributed by atoms with Crippen LogP contribution in [0.15, 0.2) is 28.7 Å². The summed E-state index contributed by atoms with van der Waals surface area (Å²) in [6.07, 6.45) is 0. The minimum Gasteiger partial charge on any atom is -0.326 e. The first kappa shape index (κ1) is 12.6. The molecular formula is C9H12BrNO3S. The first-order valence-corrected chi connectivity index (χ1v) is 6.60. The Morgan fingerprint density at radius 3 is 2.33 bits per heavy atom. The lowest BCUT2D eigenvalue weighted by Gasteiger charge is -2.19. The van der Waals surface area contributed by atoms with Gasteiger partial charge in [-0.05, 0) is 18.6 Å². The Balaban J connectivity index is 3.29. The van der Waals surface area contributed by atoms with Gasteiger partial charge in [0.15, 0.2) is 0 Å². The summed E-state index contributed by atoms with van der Waals surface area (Å²) in [5, 5.41) is -1.10. The first-order chi connectivity index (χ1) is 6.84. The van der Waals surface area contributed by atoms with E-state index in [2.05, 4.69) is 15.9 Å². The number of rotatable bonds is 3. The van der Waals surface area contributed by atoms with Gasteiger partial charge < -0.3 is 5.73 Å². The fourth-order valence-corrected chi connectivity index (χ4v) is 3.17. The van der Waals surface area contributed by atoms with Crippen LogP contribution in [0.25, 0.3) is 0 Å². The molecule has 1 rings (SSSR count). The van der Waals surface area contributed by atoms with E-state index in [1.54, 1.807) is 24.3 Å². The van der Waals surface area contributed by atoms with E-state index < -0.39 is 21.4 Å². The van der Waals surface area contributed by atoms with E-state index >= 15 is 0 Å². The van der Waals surface area contributed by atoms with E-state index in [1.165, 1.54) is 6.92 Å². The Bertz CT molecular complexity index is 444. The minimum atomic E-state index is -4.19. The summed E-state index contributed by atoms with van der Waals surface area (Å²) in [6.45, 7) is 1.54. The summed E-state index contributed by atoms with van der Waals surface area (Å²) < 4.78 is 32.1. The Labute approximate surface area is 97.4 Å². The molecule has 0 aliphatic rings. The van der Waals surface area contributed by atoms with E-state index in [9.17, 15) is 8.42 Å². The summed E-state index contributed by atoms with van der Waals surface area (Å²) in [5.74, 6) is 0. The zero-order valence-corrected chi connectivity index (χ0v) is 10.5. The van der Waals surface area contributed by atoms with Gasteiger partial charge in [-0.25, -0.2) is 0 Å². The van der Waals surface area contributed by atoms with Crippen LogP contribution in [0.1, 0.15) is 17.7 Å². The molecule has 0 saturated carbocycles. The molecule has 3 N–H and O–H groups in total. The molecule has 84 valence electrons. The van der Waals surface area contributed by atoms with Crippen molar-refractivity contribution in [2.24, 2.45) is 5.73 Å². The quantitative estimate of drug-likeness (QED) is 0.832. The van der Waals surface area contributed by atoms with Crippen molar-refractivity contribution in [3.63, 3.8) is 0 Å². The third-order valence-electron chi connectivity index (χ3n) is 2.01. The summed E-state index contributed by atoms with van der Waals surface area (Å²) >= 11 is 3.23. The summed E-state index contributed by atoms with van der Waals surface area (Å²) in [4.78, 5) is 0. The van der Waals surface area contributed by atoms with Crippen LogP contribution in [0.5, 0.6) is 0 Å². The van der Waals surface area contributed by atoms with Gasteiger partial charge >= 0.3 is 0 Å². The van der Waals surface area contributed by atoms with E-state index in [0.29, 0.717) is 10.0 Å². The van der Waals surface area contributed by atoms with Gasteiger partial charge in [0.1, 0.15) is 5.25 Å². The third-order valence-corrected chi connectivity index (χ3v) is 4.06. The average molecular weight is 294 g/mol. The molecule has 0 saturated heterocycles. The molecular weight excluding hydrogens is 282 g/mol. The Morgan fingerprint density at radius 2 is 1.93 bits per heavy atom. The summed E-state index contributed by atoms with van der Waals surface area (Å²) in [7, 11) is -4.19. The number of nitrogens with two attached hydrogens (primary N) is 1. The summed E-state index contributed by atoms with van der Waals surface area (Å²) in [5.41, 5.74) is 6.03. The highest BCUT2D eigenvalue weighted by Crippen LogP contribution is 2.30. The fourth-order valence-electron chi connectivity index (χ4n) is 1.42. The highest BCUT2D eigenvalue weighted by Gasteiger charge is 2.30. The molecule has 0 amide bonds. The van der Waals surface area contributed by atoms with Crippen molar-refractivity contribution < 1.29 is 13.0 Å². The average Bonchev–Trinajstić information content (AvgIpc) is 2.05. The monoisotopic (exact) mass is 293 g/mol. The lowest BCUT2D eigenvalue weighted by atomic mass is 10.1. The zero-order valence-electron chi connectivity index (χ0n) is 8.09. The number of hydrogen-bond donors (Lipinski definition) is 2. The number of halogens is 1. The fraction of sp³-hybridized carbons (Fsp3) is 0.333. The third kappa shape index (κ3) is 3.01. The lowest BCUT2D eigenvalue weighted by molar-refractivity contribution is 0.458. The van der Waals surface area contributed by atoms with Crippen molar-refractivity contribution in [1.29, 1.82) is 0 Å². The molecule has 1 aromatic carbocycles. The molecule has 0 radical (unpaired) electrons. The second-order valence-corrected chi connectivity index (χ2v) is 5.71. The van der Waals surface area contributed by atoms with E-state index in [4.69, 9.17) is 10.3 Å². The van der Waals surface area contributed by atoms with Crippen LogP contribution >= 0.6 is 15.9 Å². The molecule has 0 heterocycles. The molecule has 2 unspecified atom stereocenters. The molecule has 1 aromatic rings. The van der Waals surface area contributed by atoms with Gasteiger partial charge in [0.2, 0.25) is 0 Å². The van der Waals surface area contributed by atoms with Crippen LogP contribution in [0.4, 0.5) is 0 Å². The first-order valence-electron chi connectivity index (χ1n) is 4.30. The van der Waals surface area contributed by atoms with Gasteiger partial charge in [-0.15, -0.1) is 0 Å². The van der Waals surface area contributed by atoms with E-state index in [-0.39, 0.29) is 0 Å². The largest absolute Gasteiger partial charge is 0.326 e. The van der Waals surface area contributed by atoms with Gasteiger partial charge in [0.25, 0.3) is 10.1 Å². The topological polar surface area (TPSA) is 80.4 Å². The van der Waals surface area contributed by atoms with Crippen molar-refractivity contribution in [3.05, 3.63) is 34.3 Å². The van der Waals surface area contributed by atoms with Gasteiger partial charge in [-0.2, -0.15) is 8.42 Å². The molecule has 6 heteroatoms. The highest BCUT2D eigenvalue weighted by atomic mass is 79.9. The van der Waals surface area contributed by atoms with Gasteiger partial charge in [-0.1, -0.05) is 34.1 Å². The Kier molecular flexibility index (Phi) is 3.88. The lowest BCUT2D eigenvalue weighted by Crippen LogP contribution is -2.31. The molecule has 0 spiro atoms. The summed E-state index contributed by atoms with van der Waals surface area (Å²) in [6, 6.07) is 6.09. The van der Waals surface area contributed by atoms with Crippen molar-refractivity contribution in [3.8, 4) is 0 Å². The molecule has 2 atom stereocenters. The molecule has 0 bridgehead atoms. The van der Waals surface area contributed by atoms with Gasteiger partial charge in [0, 0.05) is 10.5 Å². The van der Waals surface area contributed by atoms with Gasteiger partial charge in [0.05, 0.1) is 0 Å². The van der Waals surface area contributed by atoms with Crippen LogP contribution < -0.4 is 5.73 Å². The predicted molar refractivity (Wildman–Crippen MR) is 62.1 cm³/mol. The highest BCUT2D eigenvalue weighted by molar-refractivity contribution is 9.10. The van der Waals surface area contributed by atoms with Gasteiger partial charge in [-0.3, -0.25) is 4.55 Å². The number of benzene rings is 1. The molecule has 0 aromatic heterocycles. The number of hydrogen-bond acceptors (Lipinski definition) is 3. The van der Waals surface area contributed by atoms with Crippen LogP contribution in [-0.4, -0.2) is 19.0 Å². The SMILES string of the molecule is CC(N)C(c1ccccc1Br)S(=O)(=O)O. The Hall–Kier alpha value is -0.430. The maximum Gasteiger partial charge on any atom is 0.273 e. The normalized spacial score (nSPS) is 16.0. The minimum absolute atomic E-state index is 0.468. The predicted octanol–water partition coefficient (Wildman–Crippen LogP) is 1.73. The molecule has 4 nitrogen and oxygen atoms in total. The van der Waals surface area contributed by atoms with Crippen molar-refractivity contribution in [2.45, 2.75) is 18.2 Å². The van der Waals surface area contributed by atoms with Crippen LogP contribution in [0, 0.1) is 0 Å². The van der Waals surface area contributed by atoms with Crippen LogP contribution in [0.2, 0.25) is 0 Å². The van der Waals surface area contributed by atoms with Crippen molar-refractivity contribution in [2.75, 3.05) is 0 Å². The molecule has 0 aliphatic heterocycles. The van der Waals surface area contributed by atoms with Crippen LogP contribution in [-0.2, 0) is 10.1 Å². The Morgan fingerprint density at radius 1 is 1.40 bits per heavy atom. The molecule has 15 heavy (non-hydrogen) atoms. The van der Waals surface area contributed by atoms with Crippen molar-refractivity contribution in [1.82, 2.24) is 0 Å². The molecule has 0 aliphatic carbocycles. The zero-order chi connectivity index (χ0) is 11.6. The molecule has 0 fully saturated rings. The second kappa shape index (κ2) is 4.61.